The predicted molar refractivity (Wildman–Crippen MR) is 93.6 cm³/mol. The molecule has 2 aromatic rings. The van der Waals surface area contributed by atoms with Crippen molar-refractivity contribution in [3.05, 3.63) is 58.3 Å². The number of thiophene rings is 1. The van der Waals surface area contributed by atoms with Crippen LogP contribution in [0.15, 0.2) is 47.8 Å². The van der Waals surface area contributed by atoms with Crippen LogP contribution >= 0.6 is 11.3 Å². The molecule has 2 rings (SSSR count). The SMILES string of the molecule is COC(CNC(=O)CC(NC(N)=O)c1cccs1)c1ccccc1. The lowest BCUT2D eigenvalue weighted by atomic mass is 10.1. The van der Waals surface area contributed by atoms with E-state index in [9.17, 15) is 9.59 Å². The zero-order chi connectivity index (χ0) is 17.4. The Labute approximate surface area is 145 Å². The van der Waals surface area contributed by atoms with E-state index >= 15 is 0 Å². The molecule has 3 amide bonds. The van der Waals surface area contributed by atoms with Crippen LogP contribution < -0.4 is 16.4 Å². The van der Waals surface area contributed by atoms with Crippen molar-refractivity contribution in [2.75, 3.05) is 13.7 Å². The summed E-state index contributed by atoms with van der Waals surface area (Å²) in [6, 6.07) is 12.3. The van der Waals surface area contributed by atoms with Gasteiger partial charge in [0.25, 0.3) is 0 Å². The smallest absolute Gasteiger partial charge is 0.312 e. The molecule has 4 N–H and O–H groups in total. The summed E-state index contributed by atoms with van der Waals surface area (Å²) < 4.78 is 5.43. The highest BCUT2D eigenvalue weighted by atomic mass is 32.1. The number of carbonyl (C=O) groups excluding carboxylic acids is 2. The fourth-order valence-electron chi connectivity index (χ4n) is 2.35. The van der Waals surface area contributed by atoms with E-state index < -0.39 is 12.1 Å². The lowest BCUT2D eigenvalue weighted by Crippen LogP contribution is -2.37. The normalized spacial score (nSPS) is 13.0. The van der Waals surface area contributed by atoms with E-state index in [2.05, 4.69) is 10.6 Å². The van der Waals surface area contributed by atoms with E-state index in [1.807, 2.05) is 47.8 Å². The summed E-state index contributed by atoms with van der Waals surface area (Å²) in [4.78, 5) is 24.3. The first-order valence-electron chi connectivity index (χ1n) is 7.54. The molecule has 1 aromatic heterocycles. The molecule has 0 spiro atoms. The van der Waals surface area contributed by atoms with Gasteiger partial charge in [0.2, 0.25) is 5.91 Å². The minimum atomic E-state index is -0.653. The van der Waals surface area contributed by atoms with Crippen LogP contribution in [0.5, 0.6) is 0 Å². The number of nitrogens with one attached hydrogen (secondary N) is 2. The third-order valence-corrected chi connectivity index (χ3v) is 4.52. The van der Waals surface area contributed by atoms with Crippen LogP contribution in [0.3, 0.4) is 0 Å². The van der Waals surface area contributed by atoms with Crippen molar-refractivity contribution in [3.8, 4) is 0 Å². The summed E-state index contributed by atoms with van der Waals surface area (Å²) in [7, 11) is 1.60. The van der Waals surface area contributed by atoms with Gasteiger partial charge >= 0.3 is 6.03 Å². The van der Waals surface area contributed by atoms with Crippen molar-refractivity contribution in [1.29, 1.82) is 0 Å². The van der Waals surface area contributed by atoms with E-state index in [1.165, 1.54) is 11.3 Å². The van der Waals surface area contributed by atoms with Gasteiger partial charge in [-0.25, -0.2) is 4.79 Å². The highest BCUT2D eigenvalue weighted by Gasteiger charge is 2.19. The molecule has 1 heterocycles. The molecular formula is C17H21N3O3S. The van der Waals surface area contributed by atoms with Crippen molar-refractivity contribution < 1.29 is 14.3 Å². The van der Waals surface area contributed by atoms with Gasteiger partial charge in [0.05, 0.1) is 18.6 Å². The second-order valence-electron chi connectivity index (χ2n) is 5.22. The summed E-state index contributed by atoms with van der Waals surface area (Å²) in [5.41, 5.74) is 6.19. The van der Waals surface area contributed by atoms with Gasteiger partial charge in [-0.3, -0.25) is 4.79 Å². The van der Waals surface area contributed by atoms with Crippen LogP contribution in [0.2, 0.25) is 0 Å². The Morgan fingerprint density at radius 1 is 1.21 bits per heavy atom. The highest BCUT2D eigenvalue weighted by Crippen LogP contribution is 2.22. The van der Waals surface area contributed by atoms with Crippen molar-refractivity contribution in [2.24, 2.45) is 5.73 Å². The summed E-state index contributed by atoms with van der Waals surface area (Å²) >= 11 is 1.47. The maximum atomic E-state index is 12.2. The monoisotopic (exact) mass is 347 g/mol. The van der Waals surface area contributed by atoms with E-state index in [-0.39, 0.29) is 18.4 Å². The summed E-state index contributed by atoms with van der Waals surface area (Å²) in [6.07, 6.45) is -0.103. The molecule has 0 fully saturated rings. The Kier molecular flexibility index (Phi) is 6.77. The largest absolute Gasteiger partial charge is 0.375 e. The summed E-state index contributed by atoms with van der Waals surface area (Å²) in [5, 5.41) is 7.34. The molecular weight excluding hydrogens is 326 g/mol. The van der Waals surface area contributed by atoms with Crippen molar-refractivity contribution in [3.63, 3.8) is 0 Å². The molecule has 2 unspecified atom stereocenters. The van der Waals surface area contributed by atoms with Gasteiger partial charge in [0.1, 0.15) is 0 Å². The molecule has 0 radical (unpaired) electrons. The van der Waals surface area contributed by atoms with E-state index in [4.69, 9.17) is 10.5 Å². The third kappa shape index (κ3) is 5.36. The highest BCUT2D eigenvalue weighted by molar-refractivity contribution is 7.10. The van der Waals surface area contributed by atoms with Crippen molar-refractivity contribution >= 4 is 23.3 Å². The number of ether oxygens (including phenoxy) is 1. The number of carbonyl (C=O) groups is 2. The zero-order valence-electron chi connectivity index (χ0n) is 13.4. The van der Waals surface area contributed by atoms with Gasteiger partial charge < -0.3 is 21.1 Å². The average molecular weight is 347 g/mol. The molecule has 0 aliphatic heterocycles. The van der Waals surface area contributed by atoms with Crippen LogP contribution in [0.4, 0.5) is 4.79 Å². The predicted octanol–water partition coefficient (Wildman–Crippen LogP) is 2.35. The van der Waals surface area contributed by atoms with E-state index in [0.29, 0.717) is 6.54 Å². The van der Waals surface area contributed by atoms with Crippen LogP contribution in [0, 0.1) is 0 Å². The third-order valence-electron chi connectivity index (χ3n) is 3.53. The number of amides is 3. The molecule has 0 aliphatic rings. The molecule has 24 heavy (non-hydrogen) atoms. The molecule has 0 saturated heterocycles. The van der Waals surface area contributed by atoms with Gasteiger partial charge in [-0.15, -0.1) is 11.3 Å². The van der Waals surface area contributed by atoms with E-state index in [1.54, 1.807) is 7.11 Å². The maximum Gasteiger partial charge on any atom is 0.312 e. The molecule has 2 atom stereocenters. The number of hydrogen-bond acceptors (Lipinski definition) is 4. The van der Waals surface area contributed by atoms with Crippen LogP contribution in [0.1, 0.15) is 29.0 Å². The number of hydrogen-bond donors (Lipinski definition) is 3. The van der Waals surface area contributed by atoms with Gasteiger partial charge in [-0.1, -0.05) is 36.4 Å². The average Bonchev–Trinajstić information content (AvgIpc) is 3.10. The molecule has 7 heteroatoms. The van der Waals surface area contributed by atoms with Crippen molar-refractivity contribution in [1.82, 2.24) is 10.6 Å². The fourth-order valence-corrected chi connectivity index (χ4v) is 3.13. The topological polar surface area (TPSA) is 93.4 Å². The minimum absolute atomic E-state index is 0.120. The van der Waals surface area contributed by atoms with Gasteiger partial charge in [0, 0.05) is 18.5 Å². The van der Waals surface area contributed by atoms with Crippen LogP contribution in [-0.4, -0.2) is 25.6 Å². The Bertz CT molecular complexity index is 646. The Morgan fingerprint density at radius 2 is 1.96 bits per heavy atom. The first-order valence-corrected chi connectivity index (χ1v) is 8.42. The number of rotatable bonds is 8. The Hall–Kier alpha value is -2.38. The fraction of sp³-hybridized carbons (Fsp3) is 0.294. The number of nitrogens with two attached hydrogens (primary N) is 1. The molecule has 128 valence electrons. The lowest BCUT2D eigenvalue weighted by Gasteiger charge is -2.19. The van der Waals surface area contributed by atoms with E-state index in [0.717, 1.165) is 10.4 Å². The first kappa shape index (κ1) is 18.0. The zero-order valence-corrected chi connectivity index (χ0v) is 14.2. The second kappa shape index (κ2) is 9.05. The second-order valence-corrected chi connectivity index (χ2v) is 6.20. The number of primary amides is 1. The summed E-state index contributed by atoms with van der Waals surface area (Å²) in [6.45, 7) is 0.354. The van der Waals surface area contributed by atoms with Gasteiger partial charge in [0.15, 0.2) is 0 Å². The Balaban J connectivity index is 1.92. The molecule has 1 aromatic carbocycles. The van der Waals surface area contributed by atoms with Crippen molar-refractivity contribution in [2.45, 2.75) is 18.6 Å². The van der Waals surface area contributed by atoms with Gasteiger partial charge in [-0.2, -0.15) is 0 Å². The molecule has 0 aliphatic carbocycles. The molecule has 0 saturated carbocycles. The first-order chi connectivity index (χ1) is 11.6. The van der Waals surface area contributed by atoms with Crippen LogP contribution in [0.25, 0.3) is 0 Å². The number of methoxy groups -OCH3 is 1. The Morgan fingerprint density at radius 3 is 2.54 bits per heavy atom. The standard InChI is InChI=1S/C17H21N3O3S/c1-23-14(12-6-3-2-4-7-12)11-19-16(21)10-13(20-17(18)22)15-8-5-9-24-15/h2-9,13-14H,10-11H2,1H3,(H,19,21)(H3,18,20,22). The van der Waals surface area contributed by atoms with Crippen LogP contribution in [-0.2, 0) is 9.53 Å². The number of urea groups is 1. The maximum absolute atomic E-state index is 12.2. The lowest BCUT2D eigenvalue weighted by molar-refractivity contribution is -0.122. The minimum Gasteiger partial charge on any atom is -0.375 e. The molecule has 6 nitrogen and oxygen atoms in total. The summed E-state index contributed by atoms with van der Waals surface area (Å²) in [5.74, 6) is -0.180. The van der Waals surface area contributed by atoms with Gasteiger partial charge in [-0.05, 0) is 17.0 Å². The molecule has 0 bridgehead atoms. The number of benzene rings is 1. The quantitative estimate of drug-likeness (QED) is 0.684.